The molecule has 1 N–H and O–H groups in total. The molecule has 0 aromatic carbocycles. The van der Waals surface area contributed by atoms with Crippen LogP contribution in [0.25, 0.3) is 0 Å². The number of nitrogens with zero attached hydrogens (tertiary/aromatic N) is 5. The summed E-state index contributed by atoms with van der Waals surface area (Å²) in [7, 11) is 0. The van der Waals surface area contributed by atoms with Gasteiger partial charge in [-0.1, -0.05) is 24.2 Å². The maximum Gasteiger partial charge on any atom is 0.358 e. The molecule has 0 atom stereocenters. The standard InChI is InChI=1S/C12H15N5O3/c1-6(2)10-9(12(18)19)14-16-17(10)5-8-13-11(20-15-8)7-3-4-7/h6-7H,3-5H2,1-2H3,(H,18,19). The third kappa shape index (κ3) is 2.28. The summed E-state index contributed by atoms with van der Waals surface area (Å²) < 4.78 is 6.70. The molecule has 1 aliphatic carbocycles. The van der Waals surface area contributed by atoms with Crippen LogP contribution in [0.4, 0.5) is 0 Å². The van der Waals surface area contributed by atoms with E-state index in [0.717, 1.165) is 12.8 Å². The minimum absolute atomic E-state index is 0.00842. The average Bonchev–Trinajstić information content (AvgIpc) is 2.98. The molecule has 8 nitrogen and oxygen atoms in total. The lowest BCUT2D eigenvalue weighted by atomic mass is 10.1. The van der Waals surface area contributed by atoms with Crippen molar-refractivity contribution in [1.82, 2.24) is 25.1 Å². The van der Waals surface area contributed by atoms with Gasteiger partial charge in [0.2, 0.25) is 5.89 Å². The van der Waals surface area contributed by atoms with Crippen LogP contribution in [0.2, 0.25) is 0 Å². The van der Waals surface area contributed by atoms with Gasteiger partial charge in [0.05, 0.1) is 5.69 Å². The smallest absolute Gasteiger partial charge is 0.358 e. The summed E-state index contributed by atoms with van der Waals surface area (Å²) in [5, 5.41) is 20.6. The van der Waals surface area contributed by atoms with E-state index < -0.39 is 5.97 Å². The first-order chi connectivity index (χ1) is 9.56. The second-order valence-corrected chi connectivity index (χ2v) is 5.26. The molecule has 0 amide bonds. The molecule has 0 radical (unpaired) electrons. The molecule has 2 aromatic rings. The Labute approximate surface area is 114 Å². The van der Waals surface area contributed by atoms with Crippen molar-refractivity contribution >= 4 is 5.97 Å². The topological polar surface area (TPSA) is 107 Å². The highest BCUT2D eigenvalue weighted by Gasteiger charge is 2.30. The molecule has 2 aromatic heterocycles. The Morgan fingerprint density at radius 2 is 2.25 bits per heavy atom. The van der Waals surface area contributed by atoms with Crippen molar-refractivity contribution in [3.63, 3.8) is 0 Å². The molecule has 1 fully saturated rings. The predicted octanol–water partition coefficient (Wildman–Crippen LogP) is 1.41. The van der Waals surface area contributed by atoms with Crippen LogP contribution in [-0.2, 0) is 6.54 Å². The molecule has 2 heterocycles. The number of carbonyl (C=O) groups is 1. The zero-order chi connectivity index (χ0) is 14.3. The van der Waals surface area contributed by atoms with Gasteiger partial charge >= 0.3 is 5.97 Å². The molecule has 0 unspecified atom stereocenters. The van der Waals surface area contributed by atoms with E-state index in [1.165, 1.54) is 4.68 Å². The quantitative estimate of drug-likeness (QED) is 0.880. The molecular formula is C12H15N5O3. The summed E-state index contributed by atoms with van der Waals surface area (Å²) in [5.41, 5.74) is 0.543. The molecular weight excluding hydrogens is 262 g/mol. The van der Waals surface area contributed by atoms with Gasteiger partial charge in [0.1, 0.15) is 6.54 Å². The Morgan fingerprint density at radius 3 is 2.85 bits per heavy atom. The van der Waals surface area contributed by atoms with E-state index in [0.29, 0.717) is 23.3 Å². The Kier molecular flexibility index (Phi) is 3.00. The van der Waals surface area contributed by atoms with Crippen LogP contribution in [0, 0.1) is 0 Å². The molecule has 0 saturated heterocycles. The number of aromatic carboxylic acids is 1. The maximum absolute atomic E-state index is 11.1. The normalized spacial score (nSPS) is 14.9. The van der Waals surface area contributed by atoms with Crippen LogP contribution in [0.3, 0.4) is 0 Å². The lowest BCUT2D eigenvalue weighted by molar-refractivity contribution is 0.0688. The zero-order valence-electron chi connectivity index (χ0n) is 11.3. The number of carboxylic acid groups (broad SMARTS) is 1. The lowest BCUT2D eigenvalue weighted by Crippen LogP contribution is -2.11. The predicted molar refractivity (Wildman–Crippen MR) is 66.4 cm³/mol. The van der Waals surface area contributed by atoms with Crippen LogP contribution in [0.1, 0.15) is 66.4 Å². The molecule has 8 heteroatoms. The lowest BCUT2D eigenvalue weighted by Gasteiger charge is -2.07. The van der Waals surface area contributed by atoms with Crippen molar-refractivity contribution < 1.29 is 14.4 Å². The second-order valence-electron chi connectivity index (χ2n) is 5.26. The number of hydrogen-bond donors (Lipinski definition) is 1. The number of rotatable bonds is 5. The molecule has 0 spiro atoms. The Hall–Kier alpha value is -2.25. The Morgan fingerprint density at radius 1 is 1.50 bits per heavy atom. The fourth-order valence-electron chi connectivity index (χ4n) is 2.12. The zero-order valence-corrected chi connectivity index (χ0v) is 11.3. The summed E-state index contributed by atoms with van der Waals surface area (Å²) in [6.07, 6.45) is 2.18. The van der Waals surface area contributed by atoms with Crippen molar-refractivity contribution in [2.75, 3.05) is 0 Å². The Balaban J connectivity index is 1.87. The Bertz CT molecular complexity index is 641. The molecule has 3 rings (SSSR count). The first kappa shape index (κ1) is 12.8. The molecule has 1 saturated carbocycles. The highest BCUT2D eigenvalue weighted by Crippen LogP contribution is 2.38. The van der Waals surface area contributed by atoms with Crippen LogP contribution < -0.4 is 0 Å². The van der Waals surface area contributed by atoms with Crippen molar-refractivity contribution in [3.8, 4) is 0 Å². The van der Waals surface area contributed by atoms with Crippen molar-refractivity contribution in [2.45, 2.75) is 45.1 Å². The van der Waals surface area contributed by atoms with Gasteiger partial charge in [-0.3, -0.25) is 0 Å². The van der Waals surface area contributed by atoms with Crippen molar-refractivity contribution in [1.29, 1.82) is 0 Å². The van der Waals surface area contributed by atoms with Crippen LogP contribution in [0.15, 0.2) is 4.52 Å². The third-order valence-corrected chi connectivity index (χ3v) is 3.22. The van der Waals surface area contributed by atoms with Gasteiger partial charge < -0.3 is 9.63 Å². The number of aromatic nitrogens is 5. The van der Waals surface area contributed by atoms with E-state index in [1.807, 2.05) is 13.8 Å². The summed E-state index contributed by atoms with van der Waals surface area (Å²) in [6.45, 7) is 4.06. The minimum Gasteiger partial charge on any atom is -0.476 e. The fraction of sp³-hybridized carbons (Fsp3) is 0.583. The van der Waals surface area contributed by atoms with Crippen LogP contribution in [-0.4, -0.2) is 36.2 Å². The van der Waals surface area contributed by atoms with E-state index >= 15 is 0 Å². The summed E-state index contributed by atoms with van der Waals surface area (Å²) >= 11 is 0. The summed E-state index contributed by atoms with van der Waals surface area (Å²) in [6, 6.07) is 0. The average molecular weight is 277 g/mol. The first-order valence-electron chi connectivity index (χ1n) is 6.55. The monoisotopic (exact) mass is 277 g/mol. The fourth-order valence-corrected chi connectivity index (χ4v) is 2.12. The van der Waals surface area contributed by atoms with Crippen molar-refractivity contribution in [2.24, 2.45) is 0 Å². The molecule has 0 aliphatic heterocycles. The maximum atomic E-state index is 11.1. The molecule has 106 valence electrons. The van der Waals surface area contributed by atoms with Gasteiger partial charge in [-0.2, -0.15) is 4.98 Å². The third-order valence-electron chi connectivity index (χ3n) is 3.22. The number of hydrogen-bond acceptors (Lipinski definition) is 6. The van der Waals surface area contributed by atoms with E-state index in [1.54, 1.807) is 0 Å². The van der Waals surface area contributed by atoms with E-state index in [-0.39, 0.29) is 18.2 Å². The summed E-state index contributed by atoms with van der Waals surface area (Å²) in [4.78, 5) is 15.4. The largest absolute Gasteiger partial charge is 0.476 e. The van der Waals surface area contributed by atoms with E-state index in [9.17, 15) is 4.79 Å². The van der Waals surface area contributed by atoms with E-state index in [4.69, 9.17) is 9.63 Å². The van der Waals surface area contributed by atoms with Gasteiger partial charge in [-0.05, 0) is 18.8 Å². The highest BCUT2D eigenvalue weighted by atomic mass is 16.5. The number of carboxylic acids is 1. The van der Waals surface area contributed by atoms with Crippen LogP contribution in [0.5, 0.6) is 0 Å². The molecule has 20 heavy (non-hydrogen) atoms. The highest BCUT2D eigenvalue weighted by molar-refractivity contribution is 5.86. The second kappa shape index (κ2) is 4.69. The van der Waals surface area contributed by atoms with Crippen molar-refractivity contribution in [3.05, 3.63) is 23.1 Å². The minimum atomic E-state index is -1.08. The molecule has 1 aliphatic rings. The molecule has 0 bridgehead atoms. The summed E-state index contributed by atoms with van der Waals surface area (Å²) in [5.74, 6) is 0.462. The SMILES string of the molecule is CC(C)c1c(C(=O)O)nnn1Cc1noc(C2CC2)n1. The van der Waals surface area contributed by atoms with Gasteiger partial charge in [0, 0.05) is 5.92 Å². The van der Waals surface area contributed by atoms with Gasteiger partial charge in [-0.25, -0.2) is 9.48 Å². The van der Waals surface area contributed by atoms with Gasteiger partial charge in [0.25, 0.3) is 0 Å². The van der Waals surface area contributed by atoms with Gasteiger partial charge in [0.15, 0.2) is 11.5 Å². The van der Waals surface area contributed by atoms with Crippen LogP contribution >= 0.6 is 0 Å². The first-order valence-corrected chi connectivity index (χ1v) is 6.55. The van der Waals surface area contributed by atoms with E-state index in [2.05, 4.69) is 20.5 Å². The van der Waals surface area contributed by atoms with Gasteiger partial charge in [-0.15, -0.1) is 5.10 Å².